The van der Waals surface area contributed by atoms with Crippen LogP contribution in [0.5, 0.6) is 11.6 Å². The number of halogens is 1. The van der Waals surface area contributed by atoms with Crippen LogP contribution in [0.3, 0.4) is 0 Å². The molecule has 1 N–H and O–H groups in total. The SMILES string of the molecule is CCCNc1nc(CC)nc(Oc2cncc(Br)c2)c1C. The molecule has 0 aliphatic carbocycles. The van der Waals surface area contributed by atoms with Crippen LogP contribution in [0, 0.1) is 6.92 Å². The zero-order valence-corrected chi connectivity index (χ0v) is 14.1. The van der Waals surface area contributed by atoms with Crippen molar-refractivity contribution in [3.63, 3.8) is 0 Å². The summed E-state index contributed by atoms with van der Waals surface area (Å²) in [5.74, 6) is 2.81. The van der Waals surface area contributed by atoms with Crippen LogP contribution in [-0.4, -0.2) is 21.5 Å². The van der Waals surface area contributed by atoms with Crippen LogP contribution in [0.2, 0.25) is 0 Å². The average Bonchev–Trinajstić information content (AvgIpc) is 2.48. The van der Waals surface area contributed by atoms with E-state index in [1.54, 1.807) is 12.4 Å². The van der Waals surface area contributed by atoms with Gasteiger partial charge in [-0.3, -0.25) is 4.98 Å². The number of ether oxygens (including phenoxy) is 1. The molecule has 0 fully saturated rings. The molecule has 2 aromatic heterocycles. The standard InChI is InChI=1S/C15H19BrN4O/c1-4-6-18-14-10(3)15(20-13(5-2)19-14)21-12-7-11(16)8-17-9-12/h7-9H,4-6H2,1-3H3,(H,18,19,20). The van der Waals surface area contributed by atoms with Gasteiger partial charge in [-0.25, -0.2) is 4.98 Å². The van der Waals surface area contributed by atoms with Gasteiger partial charge in [-0.2, -0.15) is 4.98 Å². The van der Waals surface area contributed by atoms with Crippen LogP contribution >= 0.6 is 15.9 Å². The summed E-state index contributed by atoms with van der Waals surface area (Å²) < 4.78 is 6.74. The highest BCUT2D eigenvalue weighted by atomic mass is 79.9. The number of hydrogen-bond donors (Lipinski definition) is 1. The van der Waals surface area contributed by atoms with Crippen molar-refractivity contribution in [2.24, 2.45) is 0 Å². The van der Waals surface area contributed by atoms with E-state index in [9.17, 15) is 0 Å². The third kappa shape index (κ3) is 4.14. The Labute approximate surface area is 133 Å². The molecular weight excluding hydrogens is 332 g/mol. The molecule has 21 heavy (non-hydrogen) atoms. The van der Waals surface area contributed by atoms with Gasteiger partial charge in [-0.05, 0) is 35.3 Å². The molecule has 0 bridgehead atoms. The van der Waals surface area contributed by atoms with Crippen LogP contribution in [0.1, 0.15) is 31.7 Å². The molecule has 2 heterocycles. The Morgan fingerprint density at radius 1 is 1.24 bits per heavy atom. The molecule has 0 spiro atoms. The monoisotopic (exact) mass is 350 g/mol. The van der Waals surface area contributed by atoms with Gasteiger partial charge in [0, 0.05) is 23.6 Å². The fourth-order valence-corrected chi connectivity index (χ4v) is 2.12. The maximum Gasteiger partial charge on any atom is 0.227 e. The highest BCUT2D eigenvalue weighted by Crippen LogP contribution is 2.28. The van der Waals surface area contributed by atoms with E-state index in [4.69, 9.17) is 4.74 Å². The molecule has 6 heteroatoms. The Bertz CT molecular complexity index is 619. The molecule has 0 saturated carbocycles. The second kappa shape index (κ2) is 7.36. The molecule has 0 aliphatic heterocycles. The lowest BCUT2D eigenvalue weighted by Crippen LogP contribution is -2.08. The third-order valence-electron chi connectivity index (χ3n) is 2.90. The molecule has 0 aliphatic rings. The summed E-state index contributed by atoms with van der Waals surface area (Å²) in [4.78, 5) is 13.1. The van der Waals surface area contributed by atoms with Crippen molar-refractivity contribution in [3.05, 3.63) is 34.3 Å². The fourth-order valence-electron chi connectivity index (χ4n) is 1.77. The van der Waals surface area contributed by atoms with Gasteiger partial charge in [0.15, 0.2) is 0 Å². The Kier molecular flexibility index (Phi) is 5.50. The van der Waals surface area contributed by atoms with E-state index in [1.165, 1.54) is 0 Å². The molecule has 2 rings (SSSR count). The summed E-state index contributed by atoms with van der Waals surface area (Å²) in [6.45, 7) is 6.98. The normalized spacial score (nSPS) is 10.5. The first kappa shape index (κ1) is 15.7. The van der Waals surface area contributed by atoms with E-state index in [-0.39, 0.29) is 0 Å². The second-order valence-corrected chi connectivity index (χ2v) is 5.56. The zero-order chi connectivity index (χ0) is 15.2. The molecule has 0 atom stereocenters. The third-order valence-corrected chi connectivity index (χ3v) is 3.33. The van der Waals surface area contributed by atoms with Crippen LogP contribution < -0.4 is 10.1 Å². The summed E-state index contributed by atoms with van der Waals surface area (Å²) in [6, 6.07) is 1.86. The van der Waals surface area contributed by atoms with Crippen molar-refractivity contribution < 1.29 is 4.74 Å². The van der Waals surface area contributed by atoms with Crippen LogP contribution in [-0.2, 0) is 6.42 Å². The molecule has 5 nitrogen and oxygen atoms in total. The number of anilines is 1. The van der Waals surface area contributed by atoms with Crippen molar-refractivity contribution in [1.29, 1.82) is 0 Å². The molecule has 0 saturated heterocycles. The minimum atomic E-state index is 0.570. The predicted octanol–water partition coefficient (Wildman–Crippen LogP) is 4.12. The molecule has 0 unspecified atom stereocenters. The summed E-state index contributed by atoms with van der Waals surface area (Å²) in [5, 5.41) is 3.32. The maximum absolute atomic E-state index is 5.87. The summed E-state index contributed by atoms with van der Waals surface area (Å²) in [7, 11) is 0. The highest BCUT2D eigenvalue weighted by Gasteiger charge is 2.12. The summed E-state index contributed by atoms with van der Waals surface area (Å²) in [5.41, 5.74) is 0.903. The second-order valence-electron chi connectivity index (χ2n) is 4.64. The van der Waals surface area contributed by atoms with Gasteiger partial charge in [0.05, 0.1) is 11.8 Å². The molecule has 0 aromatic carbocycles. The number of aryl methyl sites for hydroxylation is 1. The highest BCUT2D eigenvalue weighted by molar-refractivity contribution is 9.10. The first-order valence-corrected chi connectivity index (χ1v) is 7.83. The number of aromatic nitrogens is 3. The van der Waals surface area contributed by atoms with Crippen molar-refractivity contribution >= 4 is 21.7 Å². The minimum absolute atomic E-state index is 0.570. The lowest BCUT2D eigenvalue weighted by molar-refractivity contribution is 0.452. The summed E-state index contributed by atoms with van der Waals surface area (Å²) in [6.07, 6.45) is 5.17. The van der Waals surface area contributed by atoms with Crippen molar-refractivity contribution in [3.8, 4) is 11.6 Å². The molecular formula is C15H19BrN4O. The molecule has 0 amide bonds. The topological polar surface area (TPSA) is 59.9 Å². The van der Waals surface area contributed by atoms with E-state index < -0.39 is 0 Å². The molecule has 0 radical (unpaired) electrons. The van der Waals surface area contributed by atoms with E-state index >= 15 is 0 Å². The van der Waals surface area contributed by atoms with E-state index in [0.29, 0.717) is 11.6 Å². The van der Waals surface area contributed by atoms with Gasteiger partial charge < -0.3 is 10.1 Å². The first-order valence-electron chi connectivity index (χ1n) is 7.03. The number of rotatable bonds is 6. The average molecular weight is 351 g/mol. The fraction of sp³-hybridized carbons (Fsp3) is 0.400. The van der Waals surface area contributed by atoms with Gasteiger partial charge in [0.1, 0.15) is 17.4 Å². The first-order chi connectivity index (χ1) is 10.1. The molecule has 112 valence electrons. The van der Waals surface area contributed by atoms with Gasteiger partial charge in [0.25, 0.3) is 0 Å². The van der Waals surface area contributed by atoms with Crippen LogP contribution in [0.25, 0.3) is 0 Å². The van der Waals surface area contributed by atoms with Gasteiger partial charge in [0.2, 0.25) is 5.88 Å². The smallest absolute Gasteiger partial charge is 0.227 e. The molecule has 2 aromatic rings. The van der Waals surface area contributed by atoms with Crippen molar-refractivity contribution in [2.45, 2.75) is 33.6 Å². The van der Waals surface area contributed by atoms with Crippen molar-refractivity contribution in [2.75, 3.05) is 11.9 Å². The lowest BCUT2D eigenvalue weighted by Gasteiger charge is -2.13. The number of nitrogens with one attached hydrogen (secondary N) is 1. The summed E-state index contributed by atoms with van der Waals surface area (Å²) >= 11 is 3.38. The number of hydrogen-bond acceptors (Lipinski definition) is 5. The number of pyridine rings is 1. The van der Waals surface area contributed by atoms with Crippen LogP contribution in [0.15, 0.2) is 22.9 Å². The Morgan fingerprint density at radius 3 is 2.71 bits per heavy atom. The minimum Gasteiger partial charge on any atom is -0.437 e. The van der Waals surface area contributed by atoms with Gasteiger partial charge in [-0.15, -0.1) is 0 Å². The Balaban J connectivity index is 2.33. The maximum atomic E-state index is 5.87. The van der Waals surface area contributed by atoms with Crippen molar-refractivity contribution in [1.82, 2.24) is 15.0 Å². The van der Waals surface area contributed by atoms with E-state index in [2.05, 4.69) is 43.1 Å². The Morgan fingerprint density at radius 2 is 2.05 bits per heavy atom. The van der Waals surface area contributed by atoms with Crippen LogP contribution in [0.4, 0.5) is 5.82 Å². The Hall–Kier alpha value is -1.69. The van der Waals surface area contributed by atoms with E-state index in [1.807, 2.05) is 19.9 Å². The zero-order valence-electron chi connectivity index (χ0n) is 12.5. The van der Waals surface area contributed by atoms with E-state index in [0.717, 1.165) is 41.1 Å². The van der Waals surface area contributed by atoms with Gasteiger partial charge in [-0.1, -0.05) is 13.8 Å². The lowest BCUT2D eigenvalue weighted by atomic mass is 10.3. The largest absolute Gasteiger partial charge is 0.437 e. The predicted molar refractivity (Wildman–Crippen MR) is 86.9 cm³/mol. The quantitative estimate of drug-likeness (QED) is 0.848. The van der Waals surface area contributed by atoms with Gasteiger partial charge >= 0.3 is 0 Å². The number of nitrogens with zero attached hydrogens (tertiary/aromatic N) is 3.